The Labute approximate surface area is 130 Å². The lowest BCUT2D eigenvalue weighted by molar-refractivity contribution is 0.212. The van der Waals surface area contributed by atoms with E-state index in [0.717, 1.165) is 24.3 Å². The minimum Gasteiger partial charge on any atom is -0.479 e. The molecule has 2 unspecified atom stereocenters. The summed E-state index contributed by atoms with van der Waals surface area (Å²) in [5.74, 6) is 1.18. The van der Waals surface area contributed by atoms with Crippen LogP contribution in [-0.4, -0.2) is 28.0 Å². The maximum absolute atomic E-state index is 5.68. The van der Waals surface area contributed by atoms with Gasteiger partial charge in [0.2, 0.25) is 0 Å². The summed E-state index contributed by atoms with van der Waals surface area (Å²) >= 11 is 0. The molecule has 4 rings (SSSR count). The van der Waals surface area contributed by atoms with Crippen LogP contribution in [0.5, 0.6) is 0 Å². The molecule has 2 aliphatic rings. The minimum atomic E-state index is -0.0805. The van der Waals surface area contributed by atoms with Crippen LogP contribution in [0.15, 0.2) is 41.9 Å². The third kappa shape index (κ3) is 1.94. The van der Waals surface area contributed by atoms with E-state index in [9.17, 15) is 0 Å². The van der Waals surface area contributed by atoms with E-state index in [0.29, 0.717) is 12.5 Å². The van der Waals surface area contributed by atoms with E-state index in [2.05, 4.69) is 35.1 Å². The molecule has 0 saturated heterocycles. The summed E-state index contributed by atoms with van der Waals surface area (Å²) in [5.41, 5.74) is 5.05. The van der Waals surface area contributed by atoms with Crippen molar-refractivity contribution >= 4 is 5.90 Å². The lowest BCUT2D eigenvalue weighted by atomic mass is 9.70. The van der Waals surface area contributed by atoms with Crippen molar-refractivity contribution in [2.24, 2.45) is 4.99 Å². The zero-order chi connectivity index (χ0) is 15.2. The molecule has 1 aromatic heterocycles. The molecule has 0 bridgehead atoms. The number of ether oxygens (including phenoxy) is 1. The smallest absolute Gasteiger partial charge is 0.180 e. The Kier molecular flexibility index (Phi) is 2.99. The van der Waals surface area contributed by atoms with Gasteiger partial charge >= 0.3 is 0 Å². The Bertz CT molecular complexity index is 741. The van der Waals surface area contributed by atoms with E-state index < -0.39 is 0 Å². The summed E-state index contributed by atoms with van der Waals surface area (Å²) in [7, 11) is 0. The lowest BCUT2D eigenvalue weighted by Gasteiger charge is -2.37. The maximum atomic E-state index is 5.68. The summed E-state index contributed by atoms with van der Waals surface area (Å²) in [6.07, 6.45) is 7.40. The second-order valence-corrected chi connectivity index (χ2v) is 6.25. The molecule has 4 heteroatoms. The van der Waals surface area contributed by atoms with Crippen LogP contribution in [0.2, 0.25) is 0 Å². The van der Waals surface area contributed by atoms with Crippen LogP contribution in [-0.2, 0) is 11.2 Å². The molecule has 0 N–H and O–H groups in total. The van der Waals surface area contributed by atoms with Crippen molar-refractivity contribution in [2.45, 2.75) is 38.1 Å². The fraction of sp³-hybridized carbons (Fsp3) is 0.389. The third-order valence-electron chi connectivity index (χ3n) is 5.08. The monoisotopic (exact) mass is 293 g/mol. The summed E-state index contributed by atoms with van der Waals surface area (Å²) in [6.45, 7) is 4.93. The first kappa shape index (κ1) is 13.4. The van der Waals surface area contributed by atoms with Crippen molar-refractivity contribution in [1.82, 2.24) is 9.97 Å². The minimum absolute atomic E-state index is 0.0805. The molecule has 0 radical (unpaired) electrons. The molecule has 1 aromatic carbocycles. The van der Waals surface area contributed by atoms with Gasteiger partial charge in [-0.05, 0) is 29.5 Å². The lowest BCUT2D eigenvalue weighted by Crippen LogP contribution is -2.39. The first-order chi connectivity index (χ1) is 10.7. The highest BCUT2D eigenvalue weighted by Gasteiger charge is 2.45. The SMILES string of the molecule is CC1=NC2(CCc3c(-c4cncnc4)cccc3C2C)CO1. The fourth-order valence-electron chi connectivity index (χ4n) is 3.80. The molecule has 0 amide bonds. The van der Waals surface area contributed by atoms with Crippen LogP contribution in [0.25, 0.3) is 11.1 Å². The molecule has 1 spiro atoms. The quantitative estimate of drug-likeness (QED) is 0.809. The number of hydrogen-bond acceptors (Lipinski definition) is 4. The van der Waals surface area contributed by atoms with Gasteiger partial charge < -0.3 is 4.74 Å². The average molecular weight is 293 g/mol. The number of aliphatic imine (C=N–C) groups is 1. The number of aromatic nitrogens is 2. The van der Waals surface area contributed by atoms with Gasteiger partial charge in [0.05, 0.1) is 0 Å². The molecule has 1 aliphatic carbocycles. The van der Waals surface area contributed by atoms with Crippen LogP contribution < -0.4 is 0 Å². The van der Waals surface area contributed by atoms with E-state index in [1.54, 1.807) is 6.33 Å². The second kappa shape index (κ2) is 4.90. The summed E-state index contributed by atoms with van der Waals surface area (Å²) in [4.78, 5) is 13.1. The van der Waals surface area contributed by atoms with Gasteiger partial charge in [-0.1, -0.05) is 25.1 Å². The Morgan fingerprint density at radius 2 is 2.05 bits per heavy atom. The van der Waals surface area contributed by atoms with Gasteiger partial charge in [-0.15, -0.1) is 0 Å². The van der Waals surface area contributed by atoms with E-state index >= 15 is 0 Å². The number of nitrogens with zero attached hydrogens (tertiary/aromatic N) is 3. The summed E-state index contributed by atoms with van der Waals surface area (Å²) in [5, 5.41) is 0. The molecule has 112 valence electrons. The molecule has 2 aromatic rings. The van der Waals surface area contributed by atoms with Gasteiger partial charge in [0, 0.05) is 30.8 Å². The van der Waals surface area contributed by atoms with Gasteiger partial charge in [-0.2, -0.15) is 0 Å². The fourth-order valence-corrected chi connectivity index (χ4v) is 3.80. The Hall–Kier alpha value is -2.23. The van der Waals surface area contributed by atoms with E-state index in [1.165, 1.54) is 16.7 Å². The number of benzene rings is 1. The van der Waals surface area contributed by atoms with Gasteiger partial charge in [0.25, 0.3) is 0 Å². The predicted octanol–water partition coefficient (Wildman–Crippen LogP) is 3.38. The van der Waals surface area contributed by atoms with E-state index in [-0.39, 0.29) is 5.54 Å². The van der Waals surface area contributed by atoms with Crippen LogP contribution in [0, 0.1) is 0 Å². The first-order valence-electron chi connectivity index (χ1n) is 7.76. The highest BCUT2D eigenvalue weighted by molar-refractivity contribution is 5.76. The maximum Gasteiger partial charge on any atom is 0.180 e. The van der Waals surface area contributed by atoms with Gasteiger partial charge in [0.1, 0.15) is 18.5 Å². The van der Waals surface area contributed by atoms with E-state index in [4.69, 9.17) is 9.73 Å². The Morgan fingerprint density at radius 3 is 2.77 bits per heavy atom. The number of fused-ring (bicyclic) bond motifs is 1. The largest absolute Gasteiger partial charge is 0.479 e. The van der Waals surface area contributed by atoms with Crippen molar-refractivity contribution < 1.29 is 4.74 Å². The summed E-state index contributed by atoms with van der Waals surface area (Å²) < 4.78 is 5.68. The average Bonchev–Trinajstić information content (AvgIpc) is 2.94. The Morgan fingerprint density at radius 1 is 1.23 bits per heavy atom. The number of hydrogen-bond donors (Lipinski definition) is 0. The molecule has 2 atom stereocenters. The molecule has 0 saturated carbocycles. The molecular formula is C18H19N3O. The standard InChI is InChI=1S/C18H19N3O/c1-12-15-4-3-5-16(14-8-19-11-20-9-14)17(15)6-7-18(12)10-22-13(2)21-18/h3-5,8-9,11-12H,6-7,10H2,1-2H3. The molecule has 1 aliphatic heterocycles. The predicted molar refractivity (Wildman–Crippen MR) is 86.0 cm³/mol. The number of rotatable bonds is 1. The third-order valence-corrected chi connectivity index (χ3v) is 5.08. The molecular weight excluding hydrogens is 274 g/mol. The normalized spacial score (nSPS) is 26.5. The molecule has 0 fully saturated rings. The zero-order valence-electron chi connectivity index (χ0n) is 12.9. The molecule has 22 heavy (non-hydrogen) atoms. The Balaban J connectivity index is 1.81. The van der Waals surface area contributed by atoms with Crippen molar-refractivity contribution in [3.63, 3.8) is 0 Å². The van der Waals surface area contributed by atoms with Gasteiger partial charge in [-0.3, -0.25) is 0 Å². The van der Waals surface area contributed by atoms with Gasteiger partial charge in [0.15, 0.2) is 5.90 Å². The van der Waals surface area contributed by atoms with Crippen molar-refractivity contribution in [3.05, 3.63) is 48.0 Å². The highest BCUT2D eigenvalue weighted by Crippen LogP contribution is 2.46. The first-order valence-corrected chi connectivity index (χ1v) is 7.76. The van der Waals surface area contributed by atoms with Crippen LogP contribution in [0.4, 0.5) is 0 Å². The topological polar surface area (TPSA) is 47.4 Å². The van der Waals surface area contributed by atoms with Gasteiger partial charge in [-0.25, -0.2) is 15.0 Å². The molecule has 2 heterocycles. The second-order valence-electron chi connectivity index (χ2n) is 6.25. The van der Waals surface area contributed by atoms with Crippen LogP contribution in [0.1, 0.15) is 37.3 Å². The molecule has 4 nitrogen and oxygen atoms in total. The van der Waals surface area contributed by atoms with Crippen molar-refractivity contribution in [1.29, 1.82) is 0 Å². The van der Waals surface area contributed by atoms with Crippen LogP contribution >= 0.6 is 0 Å². The van der Waals surface area contributed by atoms with E-state index in [1.807, 2.05) is 19.3 Å². The zero-order valence-corrected chi connectivity index (χ0v) is 12.9. The van der Waals surface area contributed by atoms with Crippen LogP contribution in [0.3, 0.4) is 0 Å². The van der Waals surface area contributed by atoms with Crippen molar-refractivity contribution in [3.8, 4) is 11.1 Å². The summed E-state index contributed by atoms with van der Waals surface area (Å²) in [6, 6.07) is 6.53. The highest BCUT2D eigenvalue weighted by atomic mass is 16.5. The van der Waals surface area contributed by atoms with Crippen molar-refractivity contribution in [2.75, 3.05) is 6.61 Å².